The van der Waals surface area contributed by atoms with Gasteiger partial charge in [-0.2, -0.15) is 0 Å². The summed E-state index contributed by atoms with van der Waals surface area (Å²) in [5.41, 5.74) is -0.224. The Morgan fingerprint density at radius 1 is 1.56 bits per heavy atom. The summed E-state index contributed by atoms with van der Waals surface area (Å²) in [5.74, 6) is -0.750. The van der Waals surface area contributed by atoms with Gasteiger partial charge in [0.2, 0.25) is 5.43 Å². The fraction of sp³-hybridized carbons (Fsp3) is 0.455. The molecule has 0 amide bonds. The number of hydrogen-bond acceptors (Lipinski definition) is 3. The van der Waals surface area contributed by atoms with Crippen LogP contribution in [0.15, 0.2) is 23.3 Å². The molecule has 0 aromatic carbocycles. The quantitative estimate of drug-likeness (QED) is 0.736. The van der Waals surface area contributed by atoms with Crippen molar-refractivity contribution in [2.24, 2.45) is 0 Å². The number of nitrogens with zero attached hydrogens (tertiary/aromatic N) is 1. The fourth-order valence-corrected chi connectivity index (χ4v) is 1.19. The van der Waals surface area contributed by atoms with E-state index in [1.807, 2.05) is 6.92 Å². The van der Waals surface area contributed by atoms with E-state index in [0.29, 0.717) is 6.61 Å². The van der Waals surface area contributed by atoms with Crippen molar-refractivity contribution in [3.63, 3.8) is 0 Å². The highest BCUT2D eigenvalue weighted by Gasteiger charge is 2.03. The van der Waals surface area contributed by atoms with Gasteiger partial charge in [0.1, 0.15) is 6.54 Å². The van der Waals surface area contributed by atoms with Crippen LogP contribution < -0.4 is 10.2 Å². The molecule has 16 heavy (non-hydrogen) atoms. The second-order valence-corrected chi connectivity index (χ2v) is 3.44. The Morgan fingerprint density at radius 3 is 2.94 bits per heavy atom. The van der Waals surface area contributed by atoms with E-state index in [4.69, 9.17) is 9.84 Å². The lowest BCUT2D eigenvalue weighted by atomic mass is 10.3. The third-order valence-corrected chi connectivity index (χ3v) is 2.02. The zero-order valence-corrected chi connectivity index (χ0v) is 9.18. The van der Waals surface area contributed by atoms with Gasteiger partial charge in [0.05, 0.1) is 12.8 Å². The fourth-order valence-electron chi connectivity index (χ4n) is 1.19. The maximum absolute atomic E-state index is 11.4. The number of carboxylic acid groups (broad SMARTS) is 1. The van der Waals surface area contributed by atoms with E-state index < -0.39 is 5.97 Å². The van der Waals surface area contributed by atoms with Crippen LogP contribution in [-0.2, 0) is 11.3 Å². The van der Waals surface area contributed by atoms with Gasteiger partial charge in [0, 0.05) is 12.3 Å². The highest BCUT2D eigenvalue weighted by atomic mass is 16.5. The van der Waals surface area contributed by atoms with E-state index >= 15 is 0 Å². The molecule has 0 saturated heterocycles. The Bertz CT molecular complexity index is 411. The van der Waals surface area contributed by atoms with E-state index in [1.54, 1.807) is 0 Å². The van der Waals surface area contributed by atoms with Gasteiger partial charge in [-0.3, -0.25) is 9.59 Å². The van der Waals surface area contributed by atoms with E-state index in [0.717, 1.165) is 12.8 Å². The largest absolute Gasteiger partial charge is 0.488 e. The van der Waals surface area contributed by atoms with Crippen LogP contribution in [-0.4, -0.2) is 22.2 Å². The van der Waals surface area contributed by atoms with Gasteiger partial charge in [-0.25, -0.2) is 0 Å². The maximum atomic E-state index is 11.4. The summed E-state index contributed by atoms with van der Waals surface area (Å²) in [7, 11) is 0. The molecule has 0 saturated carbocycles. The molecule has 1 aromatic heterocycles. The molecule has 0 unspecified atom stereocenters. The van der Waals surface area contributed by atoms with Crippen LogP contribution in [0.5, 0.6) is 5.75 Å². The number of ether oxygens (including phenoxy) is 1. The Hall–Kier alpha value is -1.78. The van der Waals surface area contributed by atoms with Crippen LogP contribution in [0, 0.1) is 0 Å². The summed E-state index contributed by atoms with van der Waals surface area (Å²) >= 11 is 0. The first-order chi connectivity index (χ1) is 7.63. The molecule has 1 rings (SSSR count). The van der Waals surface area contributed by atoms with Gasteiger partial charge in [-0.15, -0.1) is 0 Å². The van der Waals surface area contributed by atoms with E-state index in [1.165, 1.54) is 23.0 Å². The zero-order chi connectivity index (χ0) is 12.0. The topological polar surface area (TPSA) is 68.5 Å². The third-order valence-electron chi connectivity index (χ3n) is 2.02. The Balaban J connectivity index is 2.74. The molecule has 0 atom stereocenters. The summed E-state index contributed by atoms with van der Waals surface area (Å²) in [6.07, 6.45) is 4.71. The van der Waals surface area contributed by atoms with Crippen LogP contribution in [0.4, 0.5) is 0 Å². The first kappa shape index (κ1) is 12.3. The first-order valence-corrected chi connectivity index (χ1v) is 5.18. The second-order valence-electron chi connectivity index (χ2n) is 3.44. The highest BCUT2D eigenvalue weighted by Crippen LogP contribution is 2.03. The van der Waals surface area contributed by atoms with Gasteiger partial charge in [0.25, 0.3) is 0 Å². The van der Waals surface area contributed by atoms with Gasteiger partial charge in [-0.1, -0.05) is 13.3 Å². The van der Waals surface area contributed by atoms with Crippen LogP contribution >= 0.6 is 0 Å². The predicted molar refractivity (Wildman–Crippen MR) is 58.7 cm³/mol. The third kappa shape index (κ3) is 3.76. The summed E-state index contributed by atoms with van der Waals surface area (Å²) in [4.78, 5) is 21.9. The number of hydrogen-bond donors (Lipinski definition) is 1. The number of unbranched alkanes of at least 4 members (excludes halogenated alkanes) is 1. The summed E-state index contributed by atoms with van der Waals surface area (Å²) < 4.78 is 6.68. The molecule has 0 radical (unpaired) electrons. The van der Waals surface area contributed by atoms with Gasteiger partial charge in [0.15, 0.2) is 5.75 Å². The predicted octanol–water partition coefficient (Wildman–Crippen LogP) is 1.11. The number of rotatable bonds is 6. The average Bonchev–Trinajstić information content (AvgIpc) is 2.22. The van der Waals surface area contributed by atoms with Gasteiger partial charge in [-0.05, 0) is 6.42 Å². The molecular weight excluding hydrogens is 210 g/mol. The van der Waals surface area contributed by atoms with Gasteiger partial charge < -0.3 is 14.4 Å². The normalized spacial score (nSPS) is 10.1. The second kappa shape index (κ2) is 5.95. The summed E-state index contributed by atoms with van der Waals surface area (Å²) in [6, 6.07) is 1.31. The van der Waals surface area contributed by atoms with Crippen LogP contribution in [0.1, 0.15) is 19.8 Å². The monoisotopic (exact) mass is 225 g/mol. The van der Waals surface area contributed by atoms with Crippen LogP contribution in [0.3, 0.4) is 0 Å². The van der Waals surface area contributed by atoms with E-state index in [9.17, 15) is 9.59 Å². The molecule has 1 aromatic rings. The zero-order valence-electron chi connectivity index (χ0n) is 9.18. The molecule has 0 aliphatic rings. The Morgan fingerprint density at radius 2 is 2.31 bits per heavy atom. The average molecular weight is 225 g/mol. The van der Waals surface area contributed by atoms with Crippen molar-refractivity contribution in [1.29, 1.82) is 0 Å². The molecule has 0 bridgehead atoms. The smallest absolute Gasteiger partial charge is 0.323 e. The first-order valence-electron chi connectivity index (χ1n) is 5.18. The number of carbonyl (C=O) groups is 1. The molecule has 88 valence electrons. The lowest BCUT2D eigenvalue weighted by Gasteiger charge is -2.07. The van der Waals surface area contributed by atoms with Gasteiger partial charge >= 0.3 is 5.97 Å². The molecule has 0 fully saturated rings. The molecule has 5 heteroatoms. The van der Waals surface area contributed by atoms with Crippen molar-refractivity contribution >= 4 is 5.97 Å². The van der Waals surface area contributed by atoms with Crippen molar-refractivity contribution in [3.05, 3.63) is 28.7 Å². The Labute approximate surface area is 93.3 Å². The van der Waals surface area contributed by atoms with Crippen molar-refractivity contribution in [3.8, 4) is 5.75 Å². The van der Waals surface area contributed by atoms with E-state index in [2.05, 4.69) is 0 Å². The number of aliphatic carboxylic acids is 1. The minimum atomic E-state index is -0.955. The number of pyridine rings is 1. The lowest BCUT2D eigenvalue weighted by Crippen LogP contribution is -2.14. The standard InChI is InChI=1S/C11H15NO4/c1-2-3-6-16-10-7-12(8-11(14)15)5-4-9(10)13/h4-5,7H,2-3,6,8H2,1H3,(H,14,15). The SMILES string of the molecule is CCCCOc1cn(CC(=O)O)ccc1=O. The minimum Gasteiger partial charge on any atom is -0.488 e. The van der Waals surface area contributed by atoms with Crippen molar-refractivity contribution in [2.75, 3.05) is 6.61 Å². The highest BCUT2D eigenvalue weighted by molar-refractivity contribution is 5.66. The molecule has 1 heterocycles. The van der Waals surface area contributed by atoms with Crippen LogP contribution in [0.2, 0.25) is 0 Å². The number of aromatic nitrogens is 1. The lowest BCUT2D eigenvalue weighted by molar-refractivity contribution is -0.137. The van der Waals surface area contributed by atoms with Crippen LogP contribution in [0.25, 0.3) is 0 Å². The van der Waals surface area contributed by atoms with E-state index in [-0.39, 0.29) is 17.7 Å². The van der Waals surface area contributed by atoms with Crippen molar-refractivity contribution in [2.45, 2.75) is 26.3 Å². The summed E-state index contributed by atoms with van der Waals surface area (Å²) in [5, 5.41) is 8.60. The molecule has 5 nitrogen and oxygen atoms in total. The molecule has 1 N–H and O–H groups in total. The number of carboxylic acids is 1. The molecule has 0 aliphatic heterocycles. The minimum absolute atomic E-state index is 0.176. The van der Waals surface area contributed by atoms with Crippen molar-refractivity contribution in [1.82, 2.24) is 4.57 Å². The Kier molecular flexibility index (Phi) is 4.57. The molecule has 0 spiro atoms. The maximum Gasteiger partial charge on any atom is 0.323 e. The van der Waals surface area contributed by atoms with Crippen molar-refractivity contribution < 1.29 is 14.6 Å². The summed E-state index contributed by atoms with van der Waals surface area (Å²) in [6.45, 7) is 2.32. The molecular formula is C11H15NO4. The molecule has 0 aliphatic carbocycles.